The second-order valence-corrected chi connectivity index (χ2v) is 5.08. The first-order valence-electron chi connectivity index (χ1n) is 9.75. The van der Waals surface area contributed by atoms with Crippen molar-refractivity contribution in [1.29, 1.82) is 0 Å². The second-order valence-electron chi connectivity index (χ2n) is 5.08. The fourth-order valence-corrected chi connectivity index (χ4v) is 1.56. The van der Waals surface area contributed by atoms with Gasteiger partial charge in [0, 0.05) is 18.7 Å². The summed E-state index contributed by atoms with van der Waals surface area (Å²) in [4.78, 5) is 8.95. The first kappa shape index (κ1) is 33.9. The molecule has 0 aliphatic heterocycles. The van der Waals surface area contributed by atoms with Crippen molar-refractivity contribution in [2.45, 2.75) is 47.0 Å². The average Bonchev–Trinajstić information content (AvgIpc) is 2.77. The van der Waals surface area contributed by atoms with Gasteiger partial charge in [-0.3, -0.25) is 4.79 Å². The number of hydrogen-bond donors (Lipinski definition) is 1. The molecule has 0 atom stereocenters. The van der Waals surface area contributed by atoms with Crippen LogP contribution in [0.1, 0.15) is 51.2 Å². The number of unbranched alkanes of at least 4 members (excludes halogenated alkanes) is 2. The van der Waals surface area contributed by atoms with Crippen molar-refractivity contribution < 1.29 is 14.7 Å². The highest BCUT2D eigenvalue weighted by molar-refractivity contribution is 5.37. The second kappa shape index (κ2) is 33.0. The lowest BCUT2D eigenvalue weighted by atomic mass is 10.2. The van der Waals surface area contributed by atoms with Crippen molar-refractivity contribution in [2.24, 2.45) is 0 Å². The molecule has 0 heterocycles. The highest BCUT2D eigenvalue weighted by Gasteiger charge is 1.94. The third-order valence-corrected chi connectivity index (χ3v) is 2.83. The number of benzene rings is 1. The Labute approximate surface area is 179 Å². The zero-order valence-corrected chi connectivity index (χ0v) is 19.1. The fraction of sp³-hybridized carbons (Fsp3) is 0.400. The van der Waals surface area contributed by atoms with E-state index in [1.807, 2.05) is 38.1 Å². The Bertz CT molecular complexity index is 527. The zero-order valence-electron chi connectivity index (χ0n) is 19.1. The topological polar surface area (TPSA) is 49.8 Å². The number of nitrogens with zero attached hydrogens (tertiary/aromatic N) is 1. The molecule has 0 unspecified atom stereocenters. The zero-order chi connectivity index (χ0) is 23.3. The van der Waals surface area contributed by atoms with Gasteiger partial charge in [0.25, 0.3) is 6.47 Å². The van der Waals surface area contributed by atoms with Gasteiger partial charge >= 0.3 is 0 Å². The Morgan fingerprint density at radius 1 is 1.14 bits per heavy atom. The van der Waals surface area contributed by atoms with Crippen LogP contribution in [0.2, 0.25) is 0 Å². The van der Waals surface area contributed by atoms with E-state index in [9.17, 15) is 0 Å². The maximum absolute atomic E-state index is 9.04. The van der Waals surface area contributed by atoms with Crippen molar-refractivity contribution in [3.63, 3.8) is 0 Å². The number of hydrogen-bond acceptors (Lipinski definition) is 4. The SMILES string of the molecule is C=C.C=CC#Cc1ccc(C)cc1.C=CCN(O)CCCCC.CC.COC=O. The quantitative estimate of drug-likeness (QED) is 0.193. The minimum Gasteiger partial charge on any atom is -0.471 e. The Hall–Kier alpha value is -2.61. The molecule has 1 rings (SSSR count). The molecule has 0 saturated carbocycles. The lowest BCUT2D eigenvalue weighted by molar-refractivity contribution is -0.126. The molecule has 1 aromatic rings. The molecular formula is C25H41NO3. The molecular weight excluding hydrogens is 362 g/mol. The summed E-state index contributed by atoms with van der Waals surface area (Å²) in [6, 6.07) is 8.11. The van der Waals surface area contributed by atoms with Gasteiger partial charge in [-0.15, -0.1) is 19.7 Å². The van der Waals surface area contributed by atoms with E-state index in [0.29, 0.717) is 13.0 Å². The first-order chi connectivity index (χ1) is 14.0. The van der Waals surface area contributed by atoms with Crippen LogP contribution in [0.4, 0.5) is 0 Å². The molecule has 164 valence electrons. The molecule has 0 radical (unpaired) electrons. The molecule has 0 aliphatic carbocycles. The number of ether oxygens (including phenoxy) is 1. The summed E-state index contributed by atoms with van der Waals surface area (Å²) in [6.45, 7) is 23.0. The van der Waals surface area contributed by atoms with Crippen LogP contribution in [0.3, 0.4) is 0 Å². The van der Waals surface area contributed by atoms with Gasteiger partial charge in [-0.1, -0.05) is 75.8 Å². The molecule has 0 spiro atoms. The number of aryl methyl sites for hydroxylation is 1. The van der Waals surface area contributed by atoms with Crippen LogP contribution >= 0.6 is 0 Å². The number of hydroxylamine groups is 2. The number of carbonyl (C=O) groups excluding carboxylic acids is 1. The molecule has 0 fully saturated rings. The molecule has 4 heteroatoms. The van der Waals surface area contributed by atoms with Gasteiger partial charge in [0.2, 0.25) is 0 Å². The average molecular weight is 404 g/mol. The third kappa shape index (κ3) is 33.4. The maximum Gasteiger partial charge on any atom is 0.292 e. The summed E-state index contributed by atoms with van der Waals surface area (Å²) in [6.07, 6.45) is 6.75. The molecule has 4 nitrogen and oxygen atoms in total. The Morgan fingerprint density at radius 2 is 1.66 bits per heavy atom. The van der Waals surface area contributed by atoms with E-state index in [4.69, 9.17) is 10.0 Å². The molecule has 0 aromatic heterocycles. The molecule has 0 bridgehead atoms. The summed E-state index contributed by atoms with van der Waals surface area (Å²) in [5.41, 5.74) is 2.30. The first-order valence-corrected chi connectivity index (χ1v) is 9.75. The minimum atomic E-state index is 0.375. The number of rotatable bonds is 7. The van der Waals surface area contributed by atoms with Crippen LogP contribution in [-0.2, 0) is 9.53 Å². The Morgan fingerprint density at radius 3 is 2.03 bits per heavy atom. The highest BCUT2D eigenvalue weighted by atomic mass is 16.5. The summed E-state index contributed by atoms with van der Waals surface area (Å²) in [5.74, 6) is 5.75. The lowest BCUT2D eigenvalue weighted by Gasteiger charge is -2.10. The summed E-state index contributed by atoms with van der Waals surface area (Å²) in [5, 5.41) is 10.3. The fourth-order valence-electron chi connectivity index (χ4n) is 1.56. The van der Waals surface area contributed by atoms with Gasteiger partial charge in [-0.25, -0.2) is 0 Å². The standard InChI is InChI=1S/C11H10.C8H17NO.C2H4O2.C2H6.C2H4/c1-3-4-5-11-8-6-10(2)7-9-11;1-3-5-6-8-9(10)7-4-2;1-4-2-3;2*1-2/h3,6-9H,1H2,2H3;4,10H,2-3,5-8H2,1H3;2H,1H3;1-2H3;1-2H2. The van der Waals surface area contributed by atoms with E-state index in [1.165, 1.54) is 30.6 Å². The van der Waals surface area contributed by atoms with E-state index in [0.717, 1.165) is 18.5 Å². The predicted molar refractivity (Wildman–Crippen MR) is 127 cm³/mol. The van der Waals surface area contributed by atoms with Crippen LogP contribution in [0.15, 0.2) is 62.7 Å². The van der Waals surface area contributed by atoms with E-state index < -0.39 is 0 Å². The normalized spacial score (nSPS) is 7.69. The van der Waals surface area contributed by atoms with Crippen molar-refractivity contribution in [2.75, 3.05) is 20.2 Å². The van der Waals surface area contributed by atoms with Crippen LogP contribution in [0.5, 0.6) is 0 Å². The highest BCUT2D eigenvalue weighted by Crippen LogP contribution is 2.00. The number of carbonyl (C=O) groups is 1. The molecule has 29 heavy (non-hydrogen) atoms. The van der Waals surface area contributed by atoms with E-state index in [1.54, 1.807) is 12.2 Å². The van der Waals surface area contributed by atoms with Crippen LogP contribution in [0, 0.1) is 18.8 Å². The molecule has 0 saturated heterocycles. The van der Waals surface area contributed by atoms with E-state index in [2.05, 4.69) is 56.7 Å². The number of allylic oxidation sites excluding steroid dienone is 1. The number of methoxy groups -OCH3 is 1. The van der Waals surface area contributed by atoms with Gasteiger partial charge in [-0.2, -0.15) is 5.06 Å². The summed E-state index contributed by atoms with van der Waals surface area (Å²) < 4.78 is 3.86. The van der Waals surface area contributed by atoms with Gasteiger partial charge in [0.15, 0.2) is 0 Å². The predicted octanol–water partition coefficient (Wildman–Crippen LogP) is 6.20. The van der Waals surface area contributed by atoms with Crippen LogP contribution in [-0.4, -0.2) is 36.9 Å². The lowest BCUT2D eigenvalue weighted by Crippen LogP contribution is -2.20. The van der Waals surface area contributed by atoms with Gasteiger partial charge in [0.1, 0.15) is 0 Å². The minimum absolute atomic E-state index is 0.375. The van der Waals surface area contributed by atoms with Crippen molar-refractivity contribution in [1.82, 2.24) is 5.06 Å². The molecule has 1 aromatic carbocycles. The van der Waals surface area contributed by atoms with Gasteiger partial charge in [-0.05, 0) is 31.6 Å². The van der Waals surface area contributed by atoms with Crippen molar-refractivity contribution in [3.8, 4) is 11.8 Å². The maximum atomic E-state index is 9.04. The summed E-state index contributed by atoms with van der Waals surface area (Å²) >= 11 is 0. The van der Waals surface area contributed by atoms with Crippen molar-refractivity contribution in [3.05, 3.63) is 73.9 Å². The Kier molecular flexibility index (Phi) is 38.6. The Balaban J connectivity index is -0.000000160. The smallest absolute Gasteiger partial charge is 0.292 e. The van der Waals surface area contributed by atoms with Crippen LogP contribution < -0.4 is 0 Å². The largest absolute Gasteiger partial charge is 0.471 e. The van der Waals surface area contributed by atoms with Crippen LogP contribution in [0.25, 0.3) is 0 Å². The molecule has 1 N–H and O–H groups in total. The molecule has 0 amide bonds. The van der Waals surface area contributed by atoms with Gasteiger partial charge in [0.05, 0.1) is 7.11 Å². The van der Waals surface area contributed by atoms with Crippen molar-refractivity contribution >= 4 is 6.47 Å². The third-order valence-electron chi connectivity index (χ3n) is 2.83. The monoisotopic (exact) mass is 403 g/mol. The molecule has 0 aliphatic rings. The van der Waals surface area contributed by atoms with E-state index in [-0.39, 0.29) is 0 Å². The van der Waals surface area contributed by atoms with Gasteiger partial charge < -0.3 is 9.94 Å². The van der Waals surface area contributed by atoms with E-state index >= 15 is 0 Å². The summed E-state index contributed by atoms with van der Waals surface area (Å²) in [7, 11) is 1.31.